The number of hydrogen-bond acceptors (Lipinski definition) is 3. The maximum Gasteiger partial charge on any atom is 0.331 e. The van der Waals surface area contributed by atoms with Crippen LogP contribution in [0.5, 0.6) is 0 Å². The Labute approximate surface area is 101 Å². The zero-order valence-corrected chi connectivity index (χ0v) is 10.2. The number of nitrogens with zero attached hydrogens (tertiary/aromatic N) is 1. The number of aromatic nitrogens is 1. The molecule has 1 aromatic rings. The van der Waals surface area contributed by atoms with E-state index in [9.17, 15) is 4.79 Å². The van der Waals surface area contributed by atoms with Crippen molar-refractivity contribution < 1.29 is 9.90 Å². The Bertz CT molecular complexity index is 396. The van der Waals surface area contributed by atoms with Gasteiger partial charge in [-0.05, 0) is 25.0 Å². The average Bonchev–Trinajstić information content (AvgIpc) is 2.31. The largest absolute Gasteiger partial charge is 0.478 e. The average molecular weight is 234 g/mol. The van der Waals surface area contributed by atoms with E-state index in [2.05, 4.69) is 10.3 Å². The molecular weight excluding hydrogens is 216 g/mol. The monoisotopic (exact) mass is 234 g/mol. The van der Waals surface area contributed by atoms with Crippen molar-refractivity contribution in [2.75, 3.05) is 6.54 Å². The van der Waals surface area contributed by atoms with E-state index in [-0.39, 0.29) is 0 Å². The summed E-state index contributed by atoms with van der Waals surface area (Å²) in [5.74, 6) is -0.841. The molecule has 1 aromatic heterocycles. The van der Waals surface area contributed by atoms with Gasteiger partial charge in [0.25, 0.3) is 0 Å². The zero-order valence-electron chi connectivity index (χ0n) is 10.2. The SMILES string of the molecule is CC/C(=C/CNCc1ccc(C)nc1)C(=O)O. The molecule has 4 heteroatoms. The molecule has 0 aliphatic rings. The van der Waals surface area contributed by atoms with Crippen LogP contribution in [-0.2, 0) is 11.3 Å². The first-order valence-corrected chi connectivity index (χ1v) is 5.68. The van der Waals surface area contributed by atoms with E-state index < -0.39 is 5.97 Å². The van der Waals surface area contributed by atoms with Crippen LogP contribution in [0, 0.1) is 6.92 Å². The van der Waals surface area contributed by atoms with Crippen LogP contribution >= 0.6 is 0 Å². The Balaban J connectivity index is 2.37. The highest BCUT2D eigenvalue weighted by Gasteiger charge is 2.02. The van der Waals surface area contributed by atoms with Crippen LogP contribution in [0.15, 0.2) is 30.0 Å². The van der Waals surface area contributed by atoms with Crippen molar-refractivity contribution in [2.24, 2.45) is 0 Å². The van der Waals surface area contributed by atoms with Gasteiger partial charge in [-0.3, -0.25) is 4.98 Å². The summed E-state index contributed by atoms with van der Waals surface area (Å²) in [6.45, 7) is 5.04. The second-order valence-electron chi connectivity index (χ2n) is 3.83. The van der Waals surface area contributed by atoms with Crippen LogP contribution in [0.2, 0.25) is 0 Å². The van der Waals surface area contributed by atoms with Gasteiger partial charge in [0.1, 0.15) is 0 Å². The first-order valence-electron chi connectivity index (χ1n) is 5.68. The van der Waals surface area contributed by atoms with Gasteiger partial charge in [-0.25, -0.2) is 4.79 Å². The quantitative estimate of drug-likeness (QED) is 0.583. The minimum Gasteiger partial charge on any atom is -0.478 e. The van der Waals surface area contributed by atoms with Gasteiger partial charge in [0, 0.05) is 30.6 Å². The standard InChI is InChI=1S/C13H18N2O2/c1-3-12(13(16)17)6-7-14-8-11-5-4-10(2)15-9-11/h4-6,9,14H,3,7-8H2,1-2H3,(H,16,17)/b12-6-. The van der Waals surface area contributed by atoms with E-state index >= 15 is 0 Å². The molecule has 0 unspecified atom stereocenters. The Hall–Kier alpha value is -1.68. The molecular formula is C13H18N2O2. The predicted molar refractivity (Wildman–Crippen MR) is 66.7 cm³/mol. The van der Waals surface area contributed by atoms with Crippen LogP contribution in [0.4, 0.5) is 0 Å². The maximum atomic E-state index is 10.7. The van der Waals surface area contributed by atoms with Crippen molar-refractivity contribution in [1.29, 1.82) is 0 Å². The summed E-state index contributed by atoms with van der Waals surface area (Å²) in [5.41, 5.74) is 2.53. The number of aliphatic carboxylic acids is 1. The normalized spacial score (nSPS) is 11.5. The summed E-state index contributed by atoms with van der Waals surface area (Å²) in [7, 11) is 0. The first kappa shape index (κ1) is 13.4. The molecule has 4 nitrogen and oxygen atoms in total. The van der Waals surface area contributed by atoms with Crippen molar-refractivity contribution in [3.63, 3.8) is 0 Å². The third kappa shape index (κ3) is 4.78. The second kappa shape index (κ2) is 6.81. The minimum absolute atomic E-state index is 0.444. The van der Waals surface area contributed by atoms with Crippen LogP contribution in [-0.4, -0.2) is 22.6 Å². The van der Waals surface area contributed by atoms with Gasteiger partial charge in [-0.2, -0.15) is 0 Å². The highest BCUT2D eigenvalue weighted by Crippen LogP contribution is 2.00. The number of carbonyl (C=O) groups is 1. The van der Waals surface area contributed by atoms with Gasteiger partial charge < -0.3 is 10.4 Å². The molecule has 0 saturated carbocycles. The molecule has 17 heavy (non-hydrogen) atoms. The smallest absolute Gasteiger partial charge is 0.331 e. The van der Waals surface area contributed by atoms with Gasteiger partial charge in [-0.15, -0.1) is 0 Å². The molecule has 0 atom stereocenters. The molecule has 0 aliphatic heterocycles. The number of rotatable bonds is 6. The fourth-order valence-corrected chi connectivity index (χ4v) is 1.40. The summed E-state index contributed by atoms with van der Waals surface area (Å²) >= 11 is 0. The van der Waals surface area contributed by atoms with Crippen molar-refractivity contribution in [3.05, 3.63) is 41.2 Å². The topological polar surface area (TPSA) is 62.2 Å². The zero-order chi connectivity index (χ0) is 12.7. The molecule has 0 radical (unpaired) electrons. The molecule has 1 heterocycles. The summed E-state index contributed by atoms with van der Waals surface area (Å²) in [6, 6.07) is 3.97. The Morgan fingerprint density at radius 2 is 2.29 bits per heavy atom. The van der Waals surface area contributed by atoms with Gasteiger partial charge >= 0.3 is 5.97 Å². The lowest BCUT2D eigenvalue weighted by Crippen LogP contribution is -2.14. The molecule has 0 aromatic carbocycles. The van der Waals surface area contributed by atoms with E-state index in [1.54, 1.807) is 6.08 Å². The fourth-order valence-electron chi connectivity index (χ4n) is 1.40. The van der Waals surface area contributed by atoms with E-state index in [0.717, 1.165) is 11.3 Å². The van der Waals surface area contributed by atoms with Gasteiger partial charge in [0.05, 0.1) is 0 Å². The van der Waals surface area contributed by atoms with Crippen molar-refractivity contribution in [2.45, 2.75) is 26.8 Å². The molecule has 0 saturated heterocycles. The number of pyridine rings is 1. The lowest BCUT2D eigenvalue weighted by Gasteiger charge is -2.03. The Morgan fingerprint density at radius 1 is 1.53 bits per heavy atom. The summed E-state index contributed by atoms with van der Waals surface area (Å²) in [4.78, 5) is 14.9. The molecule has 0 aliphatic carbocycles. The molecule has 1 rings (SSSR count). The second-order valence-corrected chi connectivity index (χ2v) is 3.83. The Kier molecular flexibility index (Phi) is 5.36. The highest BCUT2D eigenvalue weighted by atomic mass is 16.4. The Morgan fingerprint density at radius 3 is 2.82 bits per heavy atom. The lowest BCUT2D eigenvalue weighted by molar-refractivity contribution is -0.132. The van der Waals surface area contributed by atoms with Crippen LogP contribution < -0.4 is 5.32 Å². The van der Waals surface area contributed by atoms with Gasteiger partial charge in [-0.1, -0.05) is 19.1 Å². The van der Waals surface area contributed by atoms with E-state index in [1.165, 1.54) is 0 Å². The minimum atomic E-state index is -0.841. The number of carboxylic acids is 1. The van der Waals surface area contributed by atoms with Crippen molar-refractivity contribution >= 4 is 5.97 Å². The third-order valence-corrected chi connectivity index (χ3v) is 2.45. The summed E-state index contributed by atoms with van der Waals surface area (Å²) in [5, 5.41) is 12.0. The summed E-state index contributed by atoms with van der Waals surface area (Å²) in [6.07, 6.45) is 4.08. The first-order chi connectivity index (χ1) is 8.13. The molecule has 0 spiro atoms. The maximum absolute atomic E-state index is 10.7. The molecule has 92 valence electrons. The van der Waals surface area contributed by atoms with Gasteiger partial charge in [0.2, 0.25) is 0 Å². The van der Waals surface area contributed by atoms with E-state index in [4.69, 9.17) is 5.11 Å². The van der Waals surface area contributed by atoms with E-state index in [0.29, 0.717) is 25.1 Å². The molecule has 2 N–H and O–H groups in total. The molecule has 0 amide bonds. The summed E-state index contributed by atoms with van der Waals surface area (Å²) < 4.78 is 0. The van der Waals surface area contributed by atoms with Crippen LogP contribution in [0.1, 0.15) is 24.6 Å². The number of nitrogens with one attached hydrogen (secondary N) is 1. The molecule has 0 bridgehead atoms. The number of hydrogen-bond donors (Lipinski definition) is 2. The van der Waals surface area contributed by atoms with Crippen molar-refractivity contribution in [1.82, 2.24) is 10.3 Å². The van der Waals surface area contributed by atoms with Crippen molar-refractivity contribution in [3.8, 4) is 0 Å². The number of aryl methyl sites for hydroxylation is 1. The van der Waals surface area contributed by atoms with E-state index in [1.807, 2.05) is 32.2 Å². The van der Waals surface area contributed by atoms with Crippen LogP contribution in [0.25, 0.3) is 0 Å². The number of carboxylic acid groups (broad SMARTS) is 1. The third-order valence-electron chi connectivity index (χ3n) is 2.45. The van der Waals surface area contributed by atoms with Gasteiger partial charge in [0.15, 0.2) is 0 Å². The lowest BCUT2D eigenvalue weighted by atomic mass is 10.2. The predicted octanol–water partition coefficient (Wildman–Crippen LogP) is 1.90. The van der Waals surface area contributed by atoms with Crippen LogP contribution in [0.3, 0.4) is 0 Å². The molecule has 0 fully saturated rings. The fraction of sp³-hybridized carbons (Fsp3) is 0.385. The highest BCUT2D eigenvalue weighted by molar-refractivity contribution is 5.86.